The van der Waals surface area contributed by atoms with Crippen molar-refractivity contribution in [2.24, 2.45) is 0 Å². The number of carboxylic acid groups (broad SMARTS) is 1. The highest BCUT2D eigenvalue weighted by Gasteiger charge is 2.29. The second-order valence-electron chi connectivity index (χ2n) is 4.68. The van der Waals surface area contributed by atoms with E-state index in [1.165, 1.54) is 12.1 Å². The standard InChI is InChI=1S/C7H17NO5.C7H6O3/c1-8-2-4(10)6(12)7(13)5(11)3-9;8-6-4-2-1-3-5(6)7(9)10/h4-13H,2-3H2,1H3;1-4,8H,(H,9,10)/t4-,5+,6+,7+;/m0./s1. The van der Waals surface area contributed by atoms with E-state index in [0.29, 0.717) is 0 Å². The number of aromatic carboxylic acids is 1. The van der Waals surface area contributed by atoms with Crippen LogP contribution in [0.15, 0.2) is 24.3 Å². The highest BCUT2D eigenvalue weighted by atomic mass is 16.4. The van der Waals surface area contributed by atoms with Crippen molar-refractivity contribution in [2.45, 2.75) is 24.4 Å². The van der Waals surface area contributed by atoms with E-state index >= 15 is 0 Å². The zero-order valence-electron chi connectivity index (χ0n) is 12.6. The molecule has 0 aromatic heterocycles. The SMILES string of the molecule is CNC[C@H](O)[C@@H](O)[C@H](O)[C@H](O)CO.O=C(O)c1ccccc1O. The van der Waals surface area contributed by atoms with E-state index in [-0.39, 0.29) is 17.9 Å². The maximum absolute atomic E-state index is 10.3. The summed E-state index contributed by atoms with van der Waals surface area (Å²) in [4.78, 5) is 10.3. The molecule has 0 heterocycles. The Hall–Kier alpha value is -1.75. The first-order valence-electron chi connectivity index (χ1n) is 6.75. The average molecular weight is 333 g/mol. The molecule has 23 heavy (non-hydrogen) atoms. The van der Waals surface area contributed by atoms with Gasteiger partial charge in [-0.15, -0.1) is 0 Å². The summed E-state index contributed by atoms with van der Waals surface area (Å²) in [6, 6.07) is 5.81. The maximum Gasteiger partial charge on any atom is 0.339 e. The van der Waals surface area contributed by atoms with Crippen LogP contribution in [-0.2, 0) is 0 Å². The number of aliphatic hydroxyl groups excluding tert-OH is 5. The zero-order chi connectivity index (χ0) is 18.0. The molecular weight excluding hydrogens is 310 g/mol. The normalized spacial score (nSPS) is 15.7. The molecule has 0 unspecified atom stereocenters. The number of hydrogen-bond donors (Lipinski definition) is 8. The van der Waals surface area contributed by atoms with Gasteiger partial charge in [-0.25, -0.2) is 4.79 Å². The highest BCUT2D eigenvalue weighted by molar-refractivity contribution is 5.90. The summed E-state index contributed by atoms with van der Waals surface area (Å²) in [5, 5.41) is 64.8. The van der Waals surface area contributed by atoms with E-state index in [1.54, 1.807) is 19.2 Å². The fourth-order valence-electron chi connectivity index (χ4n) is 1.55. The van der Waals surface area contributed by atoms with Gasteiger partial charge >= 0.3 is 5.97 Å². The third kappa shape index (κ3) is 7.37. The average Bonchev–Trinajstić information content (AvgIpc) is 2.53. The Morgan fingerprint density at radius 3 is 2.00 bits per heavy atom. The van der Waals surface area contributed by atoms with Crippen molar-refractivity contribution in [1.29, 1.82) is 0 Å². The predicted octanol–water partition coefficient (Wildman–Crippen LogP) is -2.27. The molecule has 0 radical (unpaired) electrons. The number of carbonyl (C=O) groups is 1. The summed E-state index contributed by atoms with van der Waals surface area (Å²) in [5.41, 5.74) is -0.0671. The largest absolute Gasteiger partial charge is 0.507 e. The van der Waals surface area contributed by atoms with Crippen molar-refractivity contribution in [2.75, 3.05) is 20.2 Å². The molecule has 0 saturated carbocycles. The van der Waals surface area contributed by atoms with Gasteiger partial charge in [-0.3, -0.25) is 0 Å². The van der Waals surface area contributed by atoms with Crippen molar-refractivity contribution < 1.29 is 40.5 Å². The third-order valence-corrected chi connectivity index (χ3v) is 2.87. The number of para-hydroxylation sites is 1. The molecule has 0 saturated heterocycles. The van der Waals surface area contributed by atoms with E-state index in [4.69, 9.17) is 30.6 Å². The summed E-state index contributed by atoms with van der Waals surface area (Å²) >= 11 is 0. The monoisotopic (exact) mass is 333 g/mol. The first kappa shape index (κ1) is 21.2. The van der Waals surface area contributed by atoms with Gasteiger partial charge in [-0.1, -0.05) is 12.1 Å². The van der Waals surface area contributed by atoms with Crippen molar-refractivity contribution in [3.63, 3.8) is 0 Å². The number of likely N-dealkylation sites (N-methyl/N-ethyl adjacent to an activating group) is 1. The number of phenols is 1. The molecular formula is C14H23NO8. The lowest BCUT2D eigenvalue weighted by Crippen LogP contribution is -2.48. The van der Waals surface area contributed by atoms with E-state index in [1.807, 2.05) is 0 Å². The van der Waals surface area contributed by atoms with Crippen LogP contribution in [0.25, 0.3) is 0 Å². The summed E-state index contributed by atoms with van der Waals surface area (Å²) in [6.07, 6.45) is -5.65. The van der Waals surface area contributed by atoms with Crippen LogP contribution in [0.5, 0.6) is 5.75 Å². The summed E-state index contributed by atoms with van der Waals surface area (Å²) < 4.78 is 0. The lowest BCUT2D eigenvalue weighted by molar-refractivity contribution is -0.113. The highest BCUT2D eigenvalue weighted by Crippen LogP contribution is 2.14. The van der Waals surface area contributed by atoms with Gasteiger partial charge in [0.25, 0.3) is 0 Å². The second kappa shape index (κ2) is 10.9. The maximum atomic E-state index is 10.3. The molecule has 0 spiro atoms. The number of aromatic hydroxyl groups is 1. The van der Waals surface area contributed by atoms with Crippen molar-refractivity contribution in [3.05, 3.63) is 29.8 Å². The van der Waals surface area contributed by atoms with Crippen LogP contribution < -0.4 is 5.32 Å². The number of benzene rings is 1. The molecule has 9 heteroatoms. The molecule has 9 nitrogen and oxygen atoms in total. The molecule has 0 aliphatic heterocycles. The van der Waals surface area contributed by atoms with Gasteiger partial charge in [0.1, 0.15) is 29.6 Å². The summed E-state index contributed by atoms with van der Waals surface area (Å²) in [6.45, 7) is -0.569. The summed E-state index contributed by atoms with van der Waals surface area (Å²) in [7, 11) is 1.57. The fraction of sp³-hybridized carbons (Fsp3) is 0.500. The van der Waals surface area contributed by atoms with E-state index in [9.17, 15) is 9.90 Å². The molecule has 4 atom stereocenters. The minimum Gasteiger partial charge on any atom is -0.507 e. The molecule has 132 valence electrons. The fourth-order valence-corrected chi connectivity index (χ4v) is 1.55. The number of aliphatic hydroxyl groups is 5. The van der Waals surface area contributed by atoms with Gasteiger partial charge in [-0.2, -0.15) is 0 Å². The van der Waals surface area contributed by atoms with Crippen LogP contribution in [0.3, 0.4) is 0 Å². The Labute approximate surface area is 133 Å². The topological polar surface area (TPSA) is 171 Å². The van der Waals surface area contributed by atoms with Crippen molar-refractivity contribution in [1.82, 2.24) is 5.32 Å². The van der Waals surface area contributed by atoms with Gasteiger partial charge in [0.05, 0.1) is 12.7 Å². The first-order chi connectivity index (χ1) is 10.8. The van der Waals surface area contributed by atoms with Crippen LogP contribution in [0.4, 0.5) is 0 Å². The van der Waals surface area contributed by atoms with Crippen LogP contribution in [0.2, 0.25) is 0 Å². The van der Waals surface area contributed by atoms with Gasteiger partial charge in [0.15, 0.2) is 0 Å². The lowest BCUT2D eigenvalue weighted by Gasteiger charge is -2.25. The first-order valence-corrected chi connectivity index (χ1v) is 6.75. The molecule has 0 fully saturated rings. The van der Waals surface area contributed by atoms with Crippen LogP contribution >= 0.6 is 0 Å². The Kier molecular flexibility index (Phi) is 10.1. The van der Waals surface area contributed by atoms with Gasteiger partial charge in [-0.05, 0) is 19.2 Å². The molecule has 1 aromatic carbocycles. The number of carboxylic acids is 1. The van der Waals surface area contributed by atoms with Crippen molar-refractivity contribution >= 4 is 5.97 Å². The van der Waals surface area contributed by atoms with E-state index in [2.05, 4.69) is 5.32 Å². The Balaban J connectivity index is 0.000000433. The van der Waals surface area contributed by atoms with Crippen LogP contribution in [-0.4, -0.2) is 86.3 Å². The Bertz CT molecular complexity index is 470. The molecule has 8 N–H and O–H groups in total. The van der Waals surface area contributed by atoms with E-state index in [0.717, 1.165) is 0 Å². The van der Waals surface area contributed by atoms with Crippen molar-refractivity contribution in [3.8, 4) is 5.75 Å². The quantitative estimate of drug-likeness (QED) is 0.274. The molecule has 1 aromatic rings. The lowest BCUT2D eigenvalue weighted by atomic mass is 10.0. The minimum atomic E-state index is -1.55. The number of rotatable bonds is 7. The number of hydrogen-bond acceptors (Lipinski definition) is 8. The summed E-state index contributed by atoms with van der Waals surface area (Å²) in [5.74, 6) is -1.31. The van der Waals surface area contributed by atoms with Gasteiger partial charge in [0.2, 0.25) is 0 Å². The molecule has 0 aliphatic rings. The molecule has 1 rings (SSSR count). The second-order valence-corrected chi connectivity index (χ2v) is 4.68. The smallest absolute Gasteiger partial charge is 0.339 e. The number of nitrogens with one attached hydrogen (secondary N) is 1. The Morgan fingerprint density at radius 1 is 1.09 bits per heavy atom. The predicted molar refractivity (Wildman–Crippen MR) is 80.1 cm³/mol. The van der Waals surface area contributed by atoms with Crippen LogP contribution in [0.1, 0.15) is 10.4 Å². The third-order valence-electron chi connectivity index (χ3n) is 2.87. The zero-order valence-corrected chi connectivity index (χ0v) is 12.6. The Morgan fingerprint density at radius 2 is 1.61 bits per heavy atom. The molecule has 0 bridgehead atoms. The van der Waals surface area contributed by atoms with Crippen LogP contribution in [0, 0.1) is 0 Å². The van der Waals surface area contributed by atoms with Gasteiger partial charge < -0.3 is 41.1 Å². The van der Waals surface area contributed by atoms with E-state index < -0.39 is 37.0 Å². The van der Waals surface area contributed by atoms with Gasteiger partial charge in [0, 0.05) is 6.54 Å². The molecule has 0 amide bonds. The molecule has 0 aliphatic carbocycles. The minimum absolute atomic E-state index is 0.0671.